The number of H-pyrrole nitrogens is 1. The van der Waals surface area contributed by atoms with Crippen LogP contribution in [0.2, 0.25) is 5.02 Å². The highest BCUT2D eigenvalue weighted by atomic mass is 35.5. The molecule has 2 aromatic rings. The Morgan fingerprint density at radius 3 is 3.00 bits per heavy atom. The third-order valence-corrected chi connectivity index (χ3v) is 4.37. The van der Waals surface area contributed by atoms with Crippen molar-refractivity contribution in [3.63, 3.8) is 0 Å². The van der Waals surface area contributed by atoms with E-state index in [0.29, 0.717) is 23.8 Å². The molecule has 1 aliphatic heterocycles. The average Bonchev–Trinajstić information content (AvgIpc) is 2.96. The van der Waals surface area contributed by atoms with E-state index in [0.717, 1.165) is 29.8 Å². The van der Waals surface area contributed by atoms with E-state index in [1.54, 1.807) is 0 Å². The lowest BCUT2D eigenvalue weighted by molar-refractivity contribution is 0.0683. The van der Waals surface area contributed by atoms with Gasteiger partial charge in [-0.25, -0.2) is 0 Å². The first kappa shape index (κ1) is 16.0. The van der Waals surface area contributed by atoms with Gasteiger partial charge in [-0.3, -0.25) is 9.89 Å². The molecule has 0 fully saturated rings. The molecule has 0 spiro atoms. The predicted octanol–water partition coefficient (Wildman–Crippen LogP) is 2.76. The molecule has 1 aromatic carbocycles. The molecule has 0 aliphatic carbocycles. The molecule has 0 saturated carbocycles. The largest absolute Gasteiger partial charge is 0.330 e. The van der Waals surface area contributed by atoms with Crippen LogP contribution in [0.4, 0.5) is 0 Å². The van der Waals surface area contributed by atoms with Crippen LogP contribution in [0, 0.1) is 0 Å². The van der Waals surface area contributed by atoms with Gasteiger partial charge in [-0.2, -0.15) is 5.10 Å². The van der Waals surface area contributed by atoms with Gasteiger partial charge < -0.3 is 10.2 Å². The lowest BCUT2D eigenvalue weighted by atomic mass is 10.1. The molecule has 1 amide bonds. The predicted molar refractivity (Wildman–Crippen MR) is 90.5 cm³/mol. The zero-order chi connectivity index (χ0) is 16.4. The maximum Gasteiger partial charge on any atom is 0.275 e. The SMILES string of the molecule is CC(C)N(Cc1cccc(Cl)c1)C(=O)c1n[nH]c2c1CNCC2. The maximum absolute atomic E-state index is 13.0. The molecule has 0 radical (unpaired) electrons. The van der Waals surface area contributed by atoms with E-state index < -0.39 is 0 Å². The van der Waals surface area contributed by atoms with Crippen LogP contribution in [0.3, 0.4) is 0 Å². The van der Waals surface area contributed by atoms with E-state index in [4.69, 9.17) is 11.6 Å². The highest BCUT2D eigenvalue weighted by Gasteiger charge is 2.27. The van der Waals surface area contributed by atoms with Crippen molar-refractivity contribution >= 4 is 17.5 Å². The topological polar surface area (TPSA) is 61.0 Å². The van der Waals surface area contributed by atoms with E-state index in [-0.39, 0.29) is 11.9 Å². The molecular weight excluding hydrogens is 312 g/mol. The number of hydrogen-bond donors (Lipinski definition) is 2. The number of rotatable bonds is 4. The normalized spacial score (nSPS) is 13.9. The van der Waals surface area contributed by atoms with Crippen molar-refractivity contribution in [2.45, 2.75) is 39.4 Å². The lowest BCUT2D eigenvalue weighted by Gasteiger charge is -2.27. The second-order valence-electron chi connectivity index (χ2n) is 6.11. The second kappa shape index (κ2) is 6.72. The Bertz CT molecular complexity index is 710. The summed E-state index contributed by atoms with van der Waals surface area (Å²) in [7, 11) is 0. The van der Waals surface area contributed by atoms with Crippen LogP contribution in [0.15, 0.2) is 24.3 Å². The van der Waals surface area contributed by atoms with Crippen LogP contribution in [-0.4, -0.2) is 33.6 Å². The lowest BCUT2D eigenvalue weighted by Crippen LogP contribution is -2.37. The van der Waals surface area contributed by atoms with Gasteiger partial charge in [-0.1, -0.05) is 23.7 Å². The standard InChI is InChI=1S/C17H21ClN4O/c1-11(2)22(10-12-4-3-5-13(18)8-12)17(23)16-14-9-19-7-6-15(14)20-21-16/h3-5,8,11,19H,6-7,9-10H2,1-2H3,(H,20,21). The van der Waals surface area contributed by atoms with E-state index >= 15 is 0 Å². The number of carbonyl (C=O) groups is 1. The highest BCUT2D eigenvalue weighted by molar-refractivity contribution is 6.30. The number of amides is 1. The Morgan fingerprint density at radius 1 is 1.43 bits per heavy atom. The molecule has 1 aliphatic rings. The number of hydrogen-bond acceptors (Lipinski definition) is 3. The van der Waals surface area contributed by atoms with Crippen LogP contribution >= 0.6 is 11.6 Å². The number of aromatic amines is 1. The van der Waals surface area contributed by atoms with Crippen LogP contribution in [0.25, 0.3) is 0 Å². The molecule has 23 heavy (non-hydrogen) atoms. The van der Waals surface area contributed by atoms with Crippen LogP contribution in [0.1, 0.15) is 41.2 Å². The smallest absolute Gasteiger partial charge is 0.275 e. The Kier molecular flexibility index (Phi) is 4.68. The van der Waals surface area contributed by atoms with Gasteiger partial charge in [-0.15, -0.1) is 0 Å². The van der Waals surface area contributed by atoms with E-state index in [9.17, 15) is 4.79 Å². The van der Waals surface area contributed by atoms with Crippen molar-refractivity contribution < 1.29 is 4.79 Å². The monoisotopic (exact) mass is 332 g/mol. The van der Waals surface area contributed by atoms with Gasteiger partial charge in [0.15, 0.2) is 5.69 Å². The summed E-state index contributed by atoms with van der Waals surface area (Å²) < 4.78 is 0. The minimum atomic E-state index is -0.0406. The Hall–Kier alpha value is -1.85. The first-order chi connectivity index (χ1) is 11.1. The van der Waals surface area contributed by atoms with Crippen LogP contribution in [0.5, 0.6) is 0 Å². The van der Waals surface area contributed by atoms with E-state index in [2.05, 4.69) is 15.5 Å². The summed E-state index contributed by atoms with van der Waals surface area (Å²) >= 11 is 6.05. The van der Waals surface area contributed by atoms with Crippen molar-refractivity contribution in [1.82, 2.24) is 20.4 Å². The summed E-state index contributed by atoms with van der Waals surface area (Å²) in [5, 5.41) is 11.3. The molecule has 5 nitrogen and oxygen atoms in total. The number of aromatic nitrogens is 2. The third-order valence-electron chi connectivity index (χ3n) is 4.14. The first-order valence-electron chi connectivity index (χ1n) is 7.88. The fourth-order valence-corrected chi connectivity index (χ4v) is 3.07. The zero-order valence-electron chi connectivity index (χ0n) is 13.4. The Morgan fingerprint density at radius 2 is 2.26 bits per heavy atom. The summed E-state index contributed by atoms with van der Waals surface area (Å²) in [5.74, 6) is -0.0406. The number of nitrogens with zero attached hydrogens (tertiary/aromatic N) is 2. The summed E-state index contributed by atoms with van der Waals surface area (Å²) in [4.78, 5) is 14.8. The fourth-order valence-electron chi connectivity index (χ4n) is 2.86. The Labute approximate surface area is 141 Å². The van der Waals surface area contributed by atoms with Crippen molar-refractivity contribution in [3.8, 4) is 0 Å². The summed E-state index contributed by atoms with van der Waals surface area (Å²) in [6.45, 7) is 6.15. The van der Waals surface area contributed by atoms with Gasteiger partial charge in [0.25, 0.3) is 5.91 Å². The second-order valence-corrected chi connectivity index (χ2v) is 6.55. The first-order valence-corrected chi connectivity index (χ1v) is 8.26. The van der Waals surface area contributed by atoms with E-state index in [1.807, 2.05) is 43.0 Å². The zero-order valence-corrected chi connectivity index (χ0v) is 14.2. The van der Waals surface area contributed by atoms with Gasteiger partial charge in [0.2, 0.25) is 0 Å². The Balaban J connectivity index is 1.86. The van der Waals surface area contributed by atoms with Crippen molar-refractivity contribution in [3.05, 3.63) is 51.8 Å². The van der Waals surface area contributed by atoms with Crippen molar-refractivity contribution in [1.29, 1.82) is 0 Å². The van der Waals surface area contributed by atoms with Gasteiger partial charge in [-0.05, 0) is 31.5 Å². The molecule has 122 valence electrons. The van der Waals surface area contributed by atoms with E-state index in [1.165, 1.54) is 0 Å². The quantitative estimate of drug-likeness (QED) is 0.905. The van der Waals surface area contributed by atoms with Gasteiger partial charge >= 0.3 is 0 Å². The molecule has 6 heteroatoms. The number of fused-ring (bicyclic) bond motifs is 1. The molecule has 0 saturated heterocycles. The number of carbonyl (C=O) groups excluding carboxylic acids is 1. The molecular formula is C17H21ClN4O. The minimum absolute atomic E-state index is 0.0406. The number of halogens is 1. The molecule has 2 N–H and O–H groups in total. The number of benzene rings is 1. The molecule has 3 rings (SSSR count). The van der Waals surface area contributed by atoms with Gasteiger partial charge in [0, 0.05) is 48.4 Å². The van der Waals surface area contributed by atoms with Gasteiger partial charge in [0.05, 0.1) is 0 Å². The summed E-state index contributed by atoms with van der Waals surface area (Å²) in [5.41, 5.74) is 3.61. The minimum Gasteiger partial charge on any atom is -0.330 e. The van der Waals surface area contributed by atoms with Crippen LogP contribution < -0.4 is 5.32 Å². The van der Waals surface area contributed by atoms with Crippen molar-refractivity contribution in [2.75, 3.05) is 6.54 Å². The molecule has 0 atom stereocenters. The maximum atomic E-state index is 13.0. The molecule has 0 unspecified atom stereocenters. The third kappa shape index (κ3) is 3.41. The molecule has 0 bridgehead atoms. The molecule has 1 aromatic heterocycles. The molecule has 2 heterocycles. The summed E-state index contributed by atoms with van der Waals surface area (Å²) in [6.07, 6.45) is 0.881. The number of nitrogens with one attached hydrogen (secondary N) is 2. The fraction of sp³-hybridized carbons (Fsp3) is 0.412. The van der Waals surface area contributed by atoms with Gasteiger partial charge in [0.1, 0.15) is 0 Å². The summed E-state index contributed by atoms with van der Waals surface area (Å²) in [6, 6.07) is 7.69. The highest BCUT2D eigenvalue weighted by Crippen LogP contribution is 2.20. The average molecular weight is 333 g/mol. The van der Waals surface area contributed by atoms with Crippen LogP contribution in [-0.2, 0) is 19.5 Å². The van der Waals surface area contributed by atoms with Crippen molar-refractivity contribution in [2.24, 2.45) is 0 Å².